The van der Waals surface area contributed by atoms with Crippen LogP contribution in [0.2, 0.25) is 0 Å². The maximum absolute atomic E-state index is 12.2. The molecule has 19 heavy (non-hydrogen) atoms. The Morgan fingerprint density at radius 1 is 1.26 bits per heavy atom. The summed E-state index contributed by atoms with van der Waals surface area (Å²) in [6.45, 7) is 3.32. The van der Waals surface area contributed by atoms with Gasteiger partial charge in [0.2, 0.25) is 0 Å². The Labute approximate surface area is 119 Å². The standard InChI is InChI=1S/C16H25NOS/c1-2-12-17-16-10-6-7-14(16)11-13-19(18)15-8-4-3-5-9-15/h3-5,8-9,14,16-17H,2,6-7,10-13H2,1H3. The maximum Gasteiger partial charge on any atom is 0.0529 e. The van der Waals surface area contributed by atoms with E-state index >= 15 is 0 Å². The third-order valence-corrected chi connectivity index (χ3v) is 5.40. The van der Waals surface area contributed by atoms with Gasteiger partial charge in [0.25, 0.3) is 0 Å². The van der Waals surface area contributed by atoms with Crippen LogP contribution in [0.15, 0.2) is 35.2 Å². The summed E-state index contributed by atoms with van der Waals surface area (Å²) in [5.41, 5.74) is 0. The molecule has 0 radical (unpaired) electrons. The summed E-state index contributed by atoms with van der Waals surface area (Å²) in [5.74, 6) is 1.53. The first-order valence-corrected chi connectivity index (χ1v) is 8.80. The average Bonchev–Trinajstić information content (AvgIpc) is 2.91. The molecule has 3 atom stereocenters. The Bertz CT molecular complexity index is 393. The number of nitrogens with one attached hydrogen (secondary N) is 1. The number of benzene rings is 1. The summed E-state index contributed by atoms with van der Waals surface area (Å²) in [5, 5.41) is 3.65. The van der Waals surface area contributed by atoms with Crippen molar-refractivity contribution in [3.8, 4) is 0 Å². The van der Waals surface area contributed by atoms with Gasteiger partial charge in [-0.3, -0.25) is 4.21 Å². The van der Waals surface area contributed by atoms with E-state index < -0.39 is 10.8 Å². The summed E-state index contributed by atoms with van der Waals surface area (Å²) in [4.78, 5) is 0.971. The fourth-order valence-electron chi connectivity index (χ4n) is 2.93. The van der Waals surface area contributed by atoms with Crippen LogP contribution in [0.1, 0.15) is 39.0 Å². The fourth-order valence-corrected chi connectivity index (χ4v) is 4.14. The molecule has 1 N–H and O–H groups in total. The molecule has 2 nitrogen and oxygen atoms in total. The van der Waals surface area contributed by atoms with E-state index in [1.54, 1.807) is 0 Å². The molecular weight excluding hydrogens is 254 g/mol. The largest absolute Gasteiger partial charge is 0.314 e. The van der Waals surface area contributed by atoms with Gasteiger partial charge in [-0.05, 0) is 50.3 Å². The van der Waals surface area contributed by atoms with Gasteiger partial charge in [-0.25, -0.2) is 0 Å². The Morgan fingerprint density at radius 3 is 2.79 bits per heavy atom. The van der Waals surface area contributed by atoms with Crippen LogP contribution < -0.4 is 5.32 Å². The molecule has 1 saturated carbocycles. The van der Waals surface area contributed by atoms with E-state index in [9.17, 15) is 4.21 Å². The van der Waals surface area contributed by atoms with E-state index in [-0.39, 0.29) is 0 Å². The molecule has 0 saturated heterocycles. The first-order valence-electron chi connectivity index (χ1n) is 7.48. The third kappa shape index (κ3) is 4.43. The molecule has 3 unspecified atom stereocenters. The van der Waals surface area contributed by atoms with Crippen LogP contribution in [0.4, 0.5) is 0 Å². The summed E-state index contributed by atoms with van der Waals surface area (Å²) in [6, 6.07) is 10.5. The molecule has 1 fully saturated rings. The first kappa shape index (κ1) is 14.7. The molecule has 1 aliphatic carbocycles. The van der Waals surface area contributed by atoms with Crippen LogP contribution in [-0.2, 0) is 10.8 Å². The lowest BCUT2D eigenvalue weighted by Gasteiger charge is -2.20. The van der Waals surface area contributed by atoms with Crippen LogP contribution in [0.5, 0.6) is 0 Å². The molecule has 0 aliphatic heterocycles. The second-order valence-electron chi connectivity index (χ2n) is 5.40. The van der Waals surface area contributed by atoms with Gasteiger partial charge in [0.1, 0.15) is 0 Å². The minimum absolute atomic E-state index is 0.660. The van der Waals surface area contributed by atoms with Crippen LogP contribution in [0.3, 0.4) is 0 Å². The van der Waals surface area contributed by atoms with Crippen LogP contribution >= 0.6 is 0 Å². The van der Waals surface area contributed by atoms with Gasteiger partial charge in [0.05, 0.1) is 10.8 Å². The maximum atomic E-state index is 12.2. The third-order valence-electron chi connectivity index (χ3n) is 4.00. The SMILES string of the molecule is CCCNC1CCCC1CCS(=O)c1ccccc1. The molecule has 0 aromatic heterocycles. The lowest BCUT2D eigenvalue weighted by atomic mass is 10.0. The predicted octanol–water partition coefficient (Wildman–Crippen LogP) is 3.35. The predicted molar refractivity (Wildman–Crippen MR) is 81.8 cm³/mol. The van der Waals surface area contributed by atoms with Crippen LogP contribution in [-0.4, -0.2) is 22.5 Å². The number of hydrogen-bond donors (Lipinski definition) is 1. The summed E-state index contributed by atoms with van der Waals surface area (Å²) in [6.07, 6.45) is 6.20. The quantitative estimate of drug-likeness (QED) is 0.829. The minimum Gasteiger partial charge on any atom is -0.314 e. The van der Waals surface area contributed by atoms with Crippen molar-refractivity contribution >= 4 is 10.8 Å². The molecule has 1 aromatic carbocycles. The van der Waals surface area contributed by atoms with Crippen molar-refractivity contribution in [1.82, 2.24) is 5.32 Å². The lowest BCUT2D eigenvalue weighted by molar-refractivity contribution is 0.393. The zero-order chi connectivity index (χ0) is 13.5. The highest BCUT2D eigenvalue weighted by Gasteiger charge is 2.26. The molecule has 0 amide bonds. The highest BCUT2D eigenvalue weighted by atomic mass is 32.2. The normalized spacial score (nSPS) is 24.5. The van der Waals surface area contributed by atoms with Crippen molar-refractivity contribution in [2.75, 3.05) is 12.3 Å². The average molecular weight is 279 g/mol. The highest BCUT2D eigenvalue weighted by molar-refractivity contribution is 7.85. The molecule has 0 spiro atoms. The molecule has 106 valence electrons. The van der Waals surface area contributed by atoms with E-state index in [4.69, 9.17) is 0 Å². The van der Waals surface area contributed by atoms with Gasteiger partial charge >= 0.3 is 0 Å². The second-order valence-corrected chi connectivity index (χ2v) is 6.97. The van der Waals surface area contributed by atoms with E-state index in [0.29, 0.717) is 6.04 Å². The van der Waals surface area contributed by atoms with E-state index in [2.05, 4.69) is 12.2 Å². The molecule has 1 aliphatic rings. The van der Waals surface area contributed by atoms with Crippen molar-refractivity contribution < 1.29 is 4.21 Å². The smallest absolute Gasteiger partial charge is 0.0529 e. The van der Waals surface area contributed by atoms with E-state index in [1.165, 1.54) is 25.7 Å². The van der Waals surface area contributed by atoms with Crippen LogP contribution in [0, 0.1) is 5.92 Å². The molecular formula is C16H25NOS. The van der Waals surface area contributed by atoms with Gasteiger partial charge in [0, 0.05) is 16.7 Å². The van der Waals surface area contributed by atoms with Crippen molar-refractivity contribution in [2.24, 2.45) is 5.92 Å². The first-order chi connectivity index (χ1) is 9.31. The van der Waals surface area contributed by atoms with Crippen LogP contribution in [0.25, 0.3) is 0 Å². The summed E-state index contributed by atoms with van der Waals surface area (Å²) in [7, 11) is -0.828. The van der Waals surface area contributed by atoms with Gasteiger partial charge in [0.15, 0.2) is 0 Å². The number of hydrogen-bond acceptors (Lipinski definition) is 2. The summed E-state index contributed by atoms with van der Waals surface area (Å²) >= 11 is 0. The molecule has 1 aromatic rings. The molecule has 2 rings (SSSR count). The zero-order valence-corrected chi connectivity index (χ0v) is 12.6. The second kappa shape index (κ2) is 7.81. The topological polar surface area (TPSA) is 29.1 Å². The zero-order valence-electron chi connectivity index (χ0n) is 11.8. The van der Waals surface area contributed by atoms with Gasteiger partial charge in [-0.2, -0.15) is 0 Å². The molecule has 0 heterocycles. The van der Waals surface area contributed by atoms with Crippen molar-refractivity contribution in [2.45, 2.75) is 50.0 Å². The van der Waals surface area contributed by atoms with Gasteiger partial charge in [-0.1, -0.05) is 31.5 Å². The fraction of sp³-hybridized carbons (Fsp3) is 0.625. The van der Waals surface area contributed by atoms with E-state index in [1.807, 2.05) is 30.3 Å². The van der Waals surface area contributed by atoms with E-state index in [0.717, 1.165) is 29.5 Å². The minimum atomic E-state index is -0.828. The number of rotatable bonds is 7. The van der Waals surface area contributed by atoms with Gasteiger partial charge < -0.3 is 5.32 Å². The van der Waals surface area contributed by atoms with Crippen molar-refractivity contribution in [3.63, 3.8) is 0 Å². The Balaban J connectivity index is 1.80. The lowest BCUT2D eigenvalue weighted by Crippen LogP contribution is -2.33. The molecule has 0 bridgehead atoms. The summed E-state index contributed by atoms with van der Waals surface area (Å²) < 4.78 is 12.2. The Kier molecular flexibility index (Phi) is 6.05. The van der Waals surface area contributed by atoms with Crippen molar-refractivity contribution in [1.29, 1.82) is 0 Å². The Morgan fingerprint density at radius 2 is 2.05 bits per heavy atom. The van der Waals surface area contributed by atoms with Gasteiger partial charge in [-0.15, -0.1) is 0 Å². The monoisotopic (exact) mass is 279 g/mol. The van der Waals surface area contributed by atoms with Crippen molar-refractivity contribution in [3.05, 3.63) is 30.3 Å². The highest BCUT2D eigenvalue weighted by Crippen LogP contribution is 2.29. The Hall–Kier alpha value is -0.670. The molecule has 3 heteroatoms.